The quantitative estimate of drug-likeness (QED) is 0.509. The lowest BCUT2D eigenvalue weighted by atomic mass is 10.1. The van der Waals surface area contributed by atoms with Gasteiger partial charge in [-0.1, -0.05) is 12.1 Å². The van der Waals surface area contributed by atoms with Gasteiger partial charge in [-0.15, -0.1) is 11.3 Å². The van der Waals surface area contributed by atoms with Crippen molar-refractivity contribution in [2.75, 3.05) is 12.4 Å². The molecule has 0 aliphatic rings. The number of nitrogens with one attached hydrogen (secondary N) is 2. The van der Waals surface area contributed by atoms with Crippen LogP contribution in [0, 0.1) is 12.7 Å². The first kappa shape index (κ1) is 23.8. The fraction of sp³-hybridized carbons (Fsp3) is 0.273. The van der Waals surface area contributed by atoms with Gasteiger partial charge in [0.1, 0.15) is 16.5 Å². The molecule has 1 amide bonds. The molecule has 0 fully saturated rings. The molecule has 0 saturated carbocycles. The first-order valence-electron chi connectivity index (χ1n) is 9.80. The van der Waals surface area contributed by atoms with Gasteiger partial charge in [0.2, 0.25) is 10.0 Å². The maximum absolute atomic E-state index is 13.8. The van der Waals surface area contributed by atoms with Crippen LogP contribution in [0.4, 0.5) is 9.52 Å². The molecule has 7 nitrogen and oxygen atoms in total. The Morgan fingerprint density at radius 2 is 1.97 bits per heavy atom. The summed E-state index contributed by atoms with van der Waals surface area (Å²) in [6.45, 7) is 5.10. The Bertz CT molecular complexity index is 1240. The highest BCUT2D eigenvalue weighted by Gasteiger charge is 2.23. The predicted octanol–water partition coefficient (Wildman–Crippen LogP) is 4.13. The molecule has 3 aromatic rings. The molecule has 0 atom stereocenters. The van der Waals surface area contributed by atoms with Crippen LogP contribution >= 0.6 is 11.3 Å². The van der Waals surface area contributed by atoms with Crippen molar-refractivity contribution in [3.8, 4) is 5.75 Å². The Balaban J connectivity index is 1.77. The van der Waals surface area contributed by atoms with Crippen LogP contribution in [-0.2, 0) is 16.4 Å². The molecule has 0 aliphatic carbocycles. The van der Waals surface area contributed by atoms with Crippen LogP contribution < -0.4 is 14.8 Å². The molecule has 10 heteroatoms. The summed E-state index contributed by atoms with van der Waals surface area (Å²) >= 11 is 1.27. The molecule has 0 spiro atoms. The third-order valence-electron chi connectivity index (χ3n) is 4.49. The van der Waals surface area contributed by atoms with E-state index in [4.69, 9.17) is 4.74 Å². The summed E-state index contributed by atoms with van der Waals surface area (Å²) < 4.78 is 46.6. The lowest BCUT2D eigenvalue weighted by Crippen LogP contribution is -2.30. The number of aromatic nitrogens is 1. The Kier molecular flexibility index (Phi) is 7.27. The largest absolute Gasteiger partial charge is 0.495 e. The smallest absolute Gasteiger partial charge is 0.257 e. The summed E-state index contributed by atoms with van der Waals surface area (Å²) in [6, 6.07) is 8.91. The molecule has 0 unspecified atom stereocenters. The summed E-state index contributed by atoms with van der Waals surface area (Å²) in [4.78, 5) is 17.6. The minimum absolute atomic E-state index is 0.123. The Morgan fingerprint density at radius 1 is 1.22 bits per heavy atom. The van der Waals surface area contributed by atoms with Gasteiger partial charge in [-0.2, -0.15) is 0 Å². The highest BCUT2D eigenvalue weighted by atomic mass is 32.2. The Labute approximate surface area is 190 Å². The number of anilines is 1. The van der Waals surface area contributed by atoms with Crippen molar-refractivity contribution in [2.24, 2.45) is 0 Å². The molecule has 1 aromatic heterocycles. The van der Waals surface area contributed by atoms with Crippen LogP contribution in [-0.4, -0.2) is 32.5 Å². The number of hydrogen-bond donors (Lipinski definition) is 2. The molecule has 170 valence electrons. The monoisotopic (exact) mass is 477 g/mol. The SMILES string of the molecule is COc1ccc(C(=O)Nc2ncc(Cc3ccc(C)c(F)c3)s2)cc1S(=O)(=O)NC(C)C. The summed E-state index contributed by atoms with van der Waals surface area (Å²) in [5.41, 5.74) is 1.53. The second kappa shape index (κ2) is 9.76. The average Bonchev–Trinajstić information content (AvgIpc) is 3.16. The van der Waals surface area contributed by atoms with Crippen LogP contribution in [0.25, 0.3) is 0 Å². The zero-order chi connectivity index (χ0) is 23.5. The molecule has 3 rings (SSSR count). The zero-order valence-electron chi connectivity index (χ0n) is 18.1. The first-order valence-corrected chi connectivity index (χ1v) is 12.1. The number of sulfonamides is 1. The van der Waals surface area contributed by atoms with Gasteiger partial charge in [-0.3, -0.25) is 10.1 Å². The van der Waals surface area contributed by atoms with E-state index < -0.39 is 15.9 Å². The van der Waals surface area contributed by atoms with Gasteiger partial charge in [0, 0.05) is 29.1 Å². The van der Waals surface area contributed by atoms with E-state index >= 15 is 0 Å². The lowest BCUT2D eigenvalue weighted by molar-refractivity contribution is 0.102. The standard InChI is InChI=1S/C22H24FN3O4S2/c1-13(2)26-32(28,29)20-11-16(7-8-19(20)30-4)21(27)25-22-24-12-17(31-22)9-15-6-5-14(3)18(23)10-15/h5-8,10-13,26H,9H2,1-4H3,(H,24,25,27). The molecule has 0 saturated heterocycles. The minimum Gasteiger partial charge on any atom is -0.495 e. The van der Waals surface area contributed by atoms with Crippen LogP contribution in [0.3, 0.4) is 0 Å². The molecular formula is C22H24FN3O4S2. The van der Waals surface area contributed by atoms with Crippen molar-refractivity contribution in [3.05, 3.63) is 70.0 Å². The van der Waals surface area contributed by atoms with Crippen molar-refractivity contribution in [2.45, 2.75) is 38.1 Å². The number of hydrogen-bond acceptors (Lipinski definition) is 6. The van der Waals surface area contributed by atoms with Gasteiger partial charge in [-0.05, 0) is 56.2 Å². The number of halogens is 1. The number of thiazole rings is 1. The van der Waals surface area contributed by atoms with Crippen LogP contribution in [0.1, 0.15) is 40.2 Å². The van der Waals surface area contributed by atoms with Gasteiger partial charge in [-0.25, -0.2) is 22.5 Å². The highest BCUT2D eigenvalue weighted by molar-refractivity contribution is 7.89. The second-order valence-electron chi connectivity index (χ2n) is 7.49. The van der Waals surface area contributed by atoms with Gasteiger partial charge >= 0.3 is 0 Å². The maximum atomic E-state index is 13.8. The zero-order valence-corrected chi connectivity index (χ0v) is 19.7. The number of carbonyl (C=O) groups is 1. The third kappa shape index (κ3) is 5.70. The van der Waals surface area contributed by atoms with Gasteiger partial charge in [0.25, 0.3) is 5.91 Å². The van der Waals surface area contributed by atoms with Gasteiger partial charge in [0.05, 0.1) is 7.11 Å². The van der Waals surface area contributed by atoms with E-state index in [1.807, 2.05) is 6.07 Å². The molecule has 2 aromatic carbocycles. The number of rotatable bonds is 8. The van der Waals surface area contributed by atoms with E-state index in [1.165, 1.54) is 42.7 Å². The van der Waals surface area contributed by atoms with E-state index in [0.29, 0.717) is 17.1 Å². The average molecular weight is 478 g/mol. The number of aryl methyl sites for hydroxylation is 1. The molecule has 2 N–H and O–H groups in total. The number of methoxy groups -OCH3 is 1. The maximum Gasteiger partial charge on any atom is 0.257 e. The fourth-order valence-corrected chi connectivity index (χ4v) is 5.25. The third-order valence-corrected chi connectivity index (χ3v) is 7.09. The van der Waals surface area contributed by atoms with Crippen molar-refractivity contribution in [3.63, 3.8) is 0 Å². The lowest BCUT2D eigenvalue weighted by Gasteiger charge is -2.14. The van der Waals surface area contributed by atoms with E-state index in [1.54, 1.807) is 33.0 Å². The van der Waals surface area contributed by atoms with E-state index in [0.717, 1.165) is 10.4 Å². The number of benzene rings is 2. The van der Waals surface area contributed by atoms with Crippen LogP contribution in [0.15, 0.2) is 47.5 Å². The highest BCUT2D eigenvalue weighted by Crippen LogP contribution is 2.27. The molecule has 0 radical (unpaired) electrons. The van der Waals surface area contributed by atoms with Gasteiger partial charge < -0.3 is 4.74 Å². The summed E-state index contributed by atoms with van der Waals surface area (Å²) in [5, 5.41) is 3.04. The van der Waals surface area contributed by atoms with E-state index in [-0.39, 0.29) is 28.1 Å². The van der Waals surface area contributed by atoms with Crippen molar-refractivity contribution < 1.29 is 22.3 Å². The van der Waals surface area contributed by atoms with Gasteiger partial charge in [0.15, 0.2) is 5.13 Å². The summed E-state index contributed by atoms with van der Waals surface area (Å²) in [5.74, 6) is -0.634. The molecule has 0 aliphatic heterocycles. The number of nitrogens with zero attached hydrogens (tertiary/aromatic N) is 1. The van der Waals surface area contributed by atoms with E-state index in [2.05, 4.69) is 15.0 Å². The predicted molar refractivity (Wildman–Crippen MR) is 122 cm³/mol. The molecular weight excluding hydrogens is 453 g/mol. The fourth-order valence-electron chi connectivity index (χ4n) is 2.97. The molecule has 0 bridgehead atoms. The van der Waals surface area contributed by atoms with Crippen molar-refractivity contribution in [1.82, 2.24) is 9.71 Å². The van der Waals surface area contributed by atoms with Crippen LogP contribution in [0.2, 0.25) is 0 Å². The normalized spacial score (nSPS) is 11.6. The number of ether oxygens (including phenoxy) is 1. The minimum atomic E-state index is -3.87. The van der Waals surface area contributed by atoms with Crippen molar-refractivity contribution in [1.29, 1.82) is 0 Å². The van der Waals surface area contributed by atoms with Crippen LogP contribution in [0.5, 0.6) is 5.75 Å². The summed E-state index contributed by atoms with van der Waals surface area (Å²) in [6.07, 6.45) is 2.10. The second-order valence-corrected chi connectivity index (χ2v) is 10.3. The molecule has 1 heterocycles. The van der Waals surface area contributed by atoms with E-state index in [9.17, 15) is 17.6 Å². The Morgan fingerprint density at radius 3 is 2.62 bits per heavy atom. The Hall–Kier alpha value is -2.82. The molecule has 32 heavy (non-hydrogen) atoms. The topological polar surface area (TPSA) is 97.4 Å². The van der Waals surface area contributed by atoms with Crippen molar-refractivity contribution >= 4 is 32.4 Å². The summed E-state index contributed by atoms with van der Waals surface area (Å²) in [7, 11) is -2.51. The number of carbonyl (C=O) groups excluding carboxylic acids is 1. The number of amides is 1. The first-order chi connectivity index (χ1) is 15.1.